The highest BCUT2D eigenvalue weighted by molar-refractivity contribution is 5.78. The highest BCUT2D eigenvalue weighted by atomic mass is 16.6. The minimum Gasteiger partial charge on any atom is -0.459 e. The quantitative estimate of drug-likeness (QED) is 0.611. The average molecular weight is 483 g/mol. The van der Waals surface area contributed by atoms with Crippen LogP contribution >= 0.6 is 0 Å². The largest absolute Gasteiger partial charge is 0.459 e. The van der Waals surface area contributed by atoms with Crippen LogP contribution in [0.1, 0.15) is 43.5 Å². The monoisotopic (exact) mass is 482 g/mol. The van der Waals surface area contributed by atoms with Crippen LogP contribution in [0.2, 0.25) is 0 Å². The molecule has 9 nitrogen and oxygen atoms in total. The second-order valence-electron chi connectivity index (χ2n) is 9.43. The van der Waals surface area contributed by atoms with Crippen LogP contribution < -0.4 is 11.1 Å². The molecule has 3 N–H and O–H groups in total. The summed E-state index contributed by atoms with van der Waals surface area (Å²) in [6.45, 7) is 7.50. The molecule has 188 valence electrons. The van der Waals surface area contributed by atoms with Crippen molar-refractivity contribution in [3.63, 3.8) is 0 Å². The van der Waals surface area contributed by atoms with Crippen molar-refractivity contribution in [3.8, 4) is 0 Å². The first-order chi connectivity index (χ1) is 16.6. The molecular formula is C26H34N4O5. The fourth-order valence-electron chi connectivity index (χ4n) is 3.59. The number of carbonyl (C=O) groups excluding carboxylic acids is 3. The topological polar surface area (TPSA) is 114 Å². The van der Waals surface area contributed by atoms with Gasteiger partial charge in [-0.15, -0.1) is 0 Å². The van der Waals surface area contributed by atoms with E-state index in [1.54, 1.807) is 48.8 Å². The number of nitrogens with zero attached hydrogens (tertiary/aromatic N) is 2. The third kappa shape index (κ3) is 7.99. The third-order valence-electron chi connectivity index (χ3n) is 5.44. The molecule has 3 amide bonds. The molecule has 1 aliphatic heterocycles. The van der Waals surface area contributed by atoms with Gasteiger partial charge in [0.25, 0.3) is 0 Å². The predicted molar refractivity (Wildman–Crippen MR) is 131 cm³/mol. The number of ether oxygens (including phenoxy) is 2. The zero-order valence-corrected chi connectivity index (χ0v) is 20.5. The Bertz CT molecular complexity index is 1010. The van der Waals surface area contributed by atoms with Crippen molar-refractivity contribution in [2.75, 3.05) is 26.2 Å². The van der Waals surface area contributed by atoms with Crippen LogP contribution in [0.15, 0.2) is 54.6 Å². The fraction of sp³-hybridized carbons (Fsp3) is 0.423. The highest BCUT2D eigenvalue weighted by Gasteiger charge is 2.26. The number of benzene rings is 2. The van der Waals surface area contributed by atoms with E-state index < -0.39 is 17.6 Å². The summed E-state index contributed by atoms with van der Waals surface area (Å²) in [5, 5.41) is 2.89. The van der Waals surface area contributed by atoms with E-state index >= 15 is 0 Å². The second kappa shape index (κ2) is 11.7. The number of hydrogen-bond acceptors (Lipinski definition) is 6. The van der Waals surface area contributed by atoms with Gasteiger partial charge in [0.05, 0.1) is 0 Å². The van der Waals surface area contributed by atoms with Crippen molar-refractivity contribution in [2.45, 2.75) is 45.6 Å². The Morgan fingerprint density at radius 3 is 2.23 bits per heavy atom. The highest BCUT2D eigenvalue weighted by Crippen LogP contribution is 2.18. The molecule has 1 atom stereocenters. The first-order valence-electron chi connectivity index (χ1n) is 11.7. The number of hydrogen-bond donors (Lipinski definition) is 2. The predicted octanol–water partition coefficient (Wildman–Crippen LogP) is 3.19. The molecule has 0 radical (unpaired) electrons. The van der Waals surface area contributed by atoms with Gasteiger partial charge in [-0.2, -0.15) is 0 Å². The van der Waals surface area contributed by atoms with Crippen LogP contribution in [0.4, 0.5) is 9.59 Å². The maximum atomic E-state index is 12.6. The van der Waals surface area contributed by atoms with Gasteiger partial charge in [0.2, 0.25) is 0 Å². The summed E-state index contributed by atoms with van der Waals surface area (Å²) in [5.74, 6) is -0.501. The Morgan fingerprint density at radius 2 is 1.57 bits per heavy atom. The number of esters is 1. The zero-order chi connectivity index (χ0) is 25.4. The van der Waals surface area contributed by atoms with Gasteiger partial charge in [0.15, 0.2) is 0 Å². The molecule has 0 aromatic heterocycles. The summed E-state index contributed by atoms with van der Waals surface area (Å²) in [6.07, 6.45) is -0.382. The van der Waals surface area contributed by atoms with Crippen molar-refractivity contribution in [1.29, 1.82) is 0 Å². The van der Waals surface area contributed by atoms with Crippen molar-refractivity contribution < 1.29 is 23.9 Å². The molecule has 1 heterocycles. The summed E-state index contributed by atoms with van der Waals surface area (Å²) in [7, 11) is 0. The molecule has 0 spiro atoms. The summed E-state index contributed by atoms with van der Waals surface area (Å²) >= 11 is 0. The number of piperazine rings is 1. The number of urea groups is 1. The Kier molecular flexibility index (Phi) is 8.70. The Morgan fingerprint density at radius 1 is 0.943 bits per heavy atom. The van der Waals surface area contributed by atoms with Crippen LogP contribution in [-0.4, -0.2) is 59.7 Å². The number of amides is 3. The standard InChI is InChI=1S/C26H34N4O5/c1-26(2,3)35-23(31)22(27)21-11-7-10-20(16-21)17-28-24(32)29-12-14-30(15-13-29)25(33)34-18-19-8-5-4-6-9-19/h4-11,16,22H,12-15,17-18,27H2,1-3H3,(H,28,32). The maximum absolute atomic E-state index is 12.6. The number of carbonyl (C=O) groups is 3. The van der Waals surface area contributed by atoms with E-state index in [4.69, 9.17) is 15.2 Å². The van der Waals surface area contributed by atoms with E-state index in [1.165, 1.54) is 0 Å². The normalized spacial score (nSPS) is 14.7. The lowest BCUT2D eigenvalue weighted by Gasteiger charge is -2.34. The molecule has 3 rings (SSSR count). The Hall–Kier alpha value is -3.59. The van der Waals surface area contributed by atoms with Crippen LogP contribution in [0, 0.1) is 0 Å². The van der Waals surface area contributed by atoms with Crippen molar-refractivity contribution in [3.05, 3.63) is 71.3 Å². The molecule has 0 aliphatic carbocycles. The molecule has 9 heteroatoms. The summed E-state index contributed by atoms with van der Waals surface area (Å²) in [6, 6.07) is 15.6. The van der Waals surface area contributed by atoms with E-state index in [0.717, 1.165) is 11.1 Å². The zero-order valence-electron chi connectivity index (χ0n) is 20.5. The van der Waals surface area contributed by atoms with Gasteiger partial charge in [-0.05, 0) is 37.5 Å². The molecule has 35 heavy (non-hydrogen) atoms. The van der Waals surface area contributed by atoms with Crippen molar-refractivity contribution in [1.82, 2.24) is 15.1 Å². The second-order valence-corrected chi connectivity index (χ2v) is 9.43. The van der Waals surface area contributed by atoms with E-state index in [9.17, 15) is 14.4 Å². The average Bonchev–Trinajstić information content (AvgIpc) is 2.85. The van der Waals surface area contributed by atoms with Crippen molar-refractivity contribution in [2.24, 2.45) is 5.73 Å². The van der Waals surface area contributed by atoms with E-state index in [1.807, 2.05) is 36.4 Å². The van der Waals surface area contributed by atoms with Gasteiger partial charge in [-0.25, -0.2) is 14.4 Å². The number of nitrogens with one attached hydrogen (secondary N) is 1. The maximum Gasteiger partial charge on any atom is 0.410 e. The molecule has 1 fully saturated rings. The minimum atomic E-state index is -0.903. The van der Waals surface area contributed by atoms with Gasteiger partial charge in [0.1, 0.15) is 18.2 Å². The molecule has 2 aromatic carbocycles. The number of nitrogens with two attached hydrogens (primary N) is 1. The molecule has 0 bridgehead atoms. The fourth-order valence-corrected chi connectivity index (χ4v) is 3.59. The summed E-state index contributed by atoms with van der Waals surface area (Å²) in [4.78, 5) is 40.5. The van der Waals surface area contributed by atoms with E-state index in [-0.39, 0.29) is 25.3 Å². The van der Waals surface area contributed by atoms with E-state index in [0.29, 0.717) is 31.7 Å². The molecule has 0 saturated carbocycles. The first kappa shape index (κ1) is 26.0. The van der Waals surface area contributed by atoms with Crippen molar-refractivity contribution >= 4 is 18.1 Å². The lowest BCUT2D eigenvalue weighted by Crippen LogP contribution is -2.53. The summed E-state index contributed by atoms with van der Waals surface area (Å²) < 4.78 is 10.7. The smallest absolute Gasteiger partial charge is 0.410 e. The van der Waals surface area contributed by atoms with Gasteiger partial charge in [0, 0.05) is 32.7 Å². The van der Waals surface area contributed by atoms with Gasteiger partial charge < -0.3 is 30.3 Å². The summed E-state index contributed by atoms with van der Waals surface area (Å²) in [5.41, 5.74) is 7.81. The lowest BCUT2D eigenvalue weighted by molar-refractivity contribution is -0.156. The molecular weight excluding hydrogens is 448 g/mol. The van der Waals surface area contributed by atoms with Crippen LogP contribution in [0.3, 0.4) is 0 Å². The third-order valence-corrected chi connectivity index (χ3v) is 5.44. The first-order valence-corrected chi connectivity index (χ1v) is 11.7. The van der Waals surface area contributed by atoms with E-state index in [2.05, 4.69) is 5.32 Å². The number of rotatable bonds is 6. The molecule has 2 aromatic rings. The lowest BCUT2D eigenvalue weighted by atomic mass is 10.0. The minimum absolute atomic E-state index is 0.218. The SMILES string of the molecule is CC(C)(C)OC(=O)C(N)c1cccc(CNC(=O)N2CCN(C(=O)OCc3ccccc3)CC2)c1. The van der Waals surface area contributed by atoms with Crippen LogP contribution in [0.5, 0.6) is 0 Å². The molecule has 1 aliphatic rings. The molecule has 1 saturated heterocycles. The van der Waals surface area contributed by atoms with Gasteiger partial charge >= 0.3 is 18.1 Å². The molecule has 1 unspecified atom stereocenters. The van der Waals surface area contributed by atoms with Crippen LogP contribution in [-0.2, 0) is 27.4 Å². The van der Waals surface area contributed by atoms with Crippen LogP contribution in [0.25, 0.3) is 0 Å². The Labute approximate surface area is 206 Å². The van der Waals surface area contributed by atoms with Gasteiger partial charge in [-0.3, -0.25) is 0 Å². The van der Waals surface area contributed by atoms with Gasteiger partial charge in [-0.1, -0.05) is 54.6 Å². The Balaban J connectivity index is 1.44.